The third-order valence-corrected chi connectivity index (χ3v) is 1.68. The summed E-state index contributed by atoms with van der Waals surface area (Å²) in [6.45, 7) is 2.04. The van der Waals surface area contributed by atoms with Crippen LogP contribution in [0.15, 0.2) is 24.0 Å². The minimum absolute atomic E-state index is 0.586. The van der Waals surface area contributed by atoms with Crippen LogP contribution in [0.3, 0.4) is 0 Å². The van der Waals surface area contributed by atoms with Gasteiger partial charge in [0.1, 0.15) is 0 Å². The van der Waals surface area contributed by atoms with E-state index in [1.165, 1.54) is 0 Å². The zero-order valence-corrected chi connectivity index (χ0v) is 6.55. The first-order valence-electron chi connectivity index (χ1n) is 3.13. The molecule has 0 bridgehead atoms. The van der Waals surface area contributed by atoms with Crippen LogP contribution < -0.4 is 0 Å². The van der Waals surface area contributed by atoms with E-state index >= 15 is 0 Å². The van der Waals surface area contributed by atoms with Crippen molar-refractivity contribution in [3.63, 3.8) is 0 Å². The highest BCUT2D eigenvalue weighted by Crippen LogP contribution is 2.20. The van der Waals surface area contributed by atoms with E-state index in [1.807, 2.05) is 12.7 Å². The van der Waals surface area contributed by atoms with Gasteiger partial charge >= 0.3 is 0 Å². The molecule has 0 saturated carbocycles. The summed E-state index contributed by atoms with van der Waals surface area (Å²) in [7, 11) is 0.586. The van der Waals surface area contributed by atoms with E-state index in [-0.39, 0.29) is 0 Å². The quantitative estimate of drug-likeness (QED) is 0.538. The van der Waals surface area contributed by atoms with Crippen LogP contribution in [0.25, 0.3) is 0 Å². The van der Waals surface area contributed by atoms with E-state index in [4.69, 9.17) is 4.52 Å². The molecule has 0 aromatic carbocycles. The van der Waals surface area contributed by atoms with Crippen LogP contribution in [-0.4, -0.2) is 6.66 Å². The summed E-state index contributed by atoms with van der Waals surface area (Å²) in [4.78, 5) is 0. The zero-order chi connectivity index (χ0) is 6.53. The smallest absolute Gasteiger partial charge is 0.0998 e. The van der Waals surface area contributed by atoms with Crippen molar-refractivity contribution in [2.75, 3.05) is 6.66 Å². The van der Waals surface area contributed by atoms with Crippen molar-refractivity contribution in [3.05, 3.63) is 24.0 Å². The number of hydrogen-bond acceptors (Lipinski definition) is 1. The Hall–Kier alpha value is -0.290. The molecule has 2 heteroatoms. The van der Waals surface area contributed by atoms with Crippen molar-refractivity contribution in [3.8, 4) is 0 Å². The molecular weight excluding hydrogens is 131 g/mol. The molecule has 0 radical (unpaired) electrons. The summed E-state index contributed by atoms with van der Waals surface area (Å²) in [5, 5.41) is 0. The highest BCUT2D eigenvalue weighted by atomic mass is 31.1. The molecule has 1 rings (SSSR count). The fourth-order valence-corrected chi connectivity index (χ4v) is 1.23. The van der Waals surface area contributed by atoms with Crippen molar-refractivity contribution in [2.24, 2.45) is 0 Å². The van der Waals surface area contributed by atoms with Crippen LogP contribution in [0.2, 0.25) is 0 Å². The molecule has 1 atom stereocenters. The van der Waals surface area contributed by atoms with Gasteiger partial charge in [0.05, 0.1) is 14.6 Å². The highest BCUT2D eigenvalue weighted by Gasteiger charge is 1.97. The lowest BCUT2D eigenvalue weighted by atomic mass is 10.2. The van der Waals surface area contributed by atoms with E-state index in [1.54, 1.807) is 0 Å². The SMILES string of the molecule is CPOC1=CC=CCC1. The second-order valence-electron chi connectivity index (χ2n) is 1.91. The molecule has 0 aromatic rings. The average Bonchev–Trinajstić information content (AvgIpc) is 1.91. The maximum atomic E-state index is 5.32. The monoisotopic (exact) mass is 142 g/mol. The van der Waals surface area contributed by atoms with Gasteiger partial charge in [-0.3, -0.25) is 0 Å². The van der Waals surface area contributed by atoms with Gasteiger partial charge in [0.2, 0.25) is 0 Å². The van der Waals surface area contributed by atoms with Crippen molar-refractivity contribution < 1.29 is 4.52 Å². The summed E-state index contributed by atoms with van der Waals surface area (Å²) < 4.78 is 5.32. The average molecular weight is 142 g/mol. The first-order valence-corrected chi connectivity index (χ1v) is 4.53. The summed E-state index contributed by atoms with van der Waals surface area (Å²) in [5.74, 6) is 1.14. The molecule has 0 N–H and O–H groups in total. The van der Waals surface area contributed by atoms with E-state index in [0.717, 1.165) is 18.6 Å². The van der Waals surface area contributed by atoms with Crippen LogP contribution in [0.1, 0.15) is 12.8 Å². The van der Waals surface area contributed by atoms with Crippen molar-refractivity contribution in [1.29, 1.82) is 0 Å². The first kappa shape index (κ1) is 6.82. The van der Waals surface area contributed by atoms with Gasteiger partial charge in [-0.05, 0) is 19.2 Å². The molecule has 1 unspecified atom stereocenters. The van der Waals surface area contributed by atoms with E-state index in [9.17, 15) is 0 Å². The van der Waals surface area contributed by atoms with Gasteiger partial charge in [0.25, 0.3) is 0 Å². The van der Waals surface area contributed by atoms with Crippen LogP contribution in [0.5, 0.6) is 0 Å². The van der Waals surface area contributed by atoms with Gasteiger partial charge in [0.15, 0.2) is 0 Å². The molecule has 1 nitrogen and oxygen atoms in total. The third-order valence-electron chi connectivity index (χ3n) is 1.21. The number of hydrogen-bond donors (Lipinski definition) is 0. The number of allylic oxidation sites excluding steroid dienone is 4. The molecule has 9 heavy (non-hydrogen) atoms. The van der Waals surface area contributed by atoms with Gasteiger partial charge < -0.3 is 4.52 Å². The molecule has 0 fully saturated rings. The summed E-state index contributed by atoms with van der Waals surface area (Å²) in [5.41, 5.74) is 0. The lowest BCUT2D eigenvalue weighted by Crippen LogP contribution is -1.85. The predicted molar refractivity (Wildman–Crippen MR) is 41.8 cm³/mol. The topological polar surface area (TPSA) is 9.23 Å². The minimum atomic E-state index is 0.586. The Balaban J connectivity index is 2.38. The molecule has 0 saturated heterocycles. The fourth-order valence-electron chi connectivity index (χ4n) is 0.797. The Morgan fingerprint density at radius 2 is 2.56 bits per heavy atom. The van der Waals surface area contributed by atoms with Gasteiger partial charge in [-0.1, -0.05) is 12.2 Å². The summed E-state index contributed by atoms with van der Waals surface area (Å²) >= 11 is 0. The van der Waals surface area contributed by atoms with Crippen LogP contribution in [0, 0.1) is 0 Å². The normalized spacial score (nSPS) is 18.6. The van der Waals surface area contributed by atoms with E-state index in [2.05, 4.69) is 12.2 Å². The van der Waals surface area contributed by atoms with E-state index < -0.39 is 0 Å². The van der Waals surface area contributed by atoms with Gasteiger partial charge in [-0.2, -0.15) is 0 Å². The van der Waals surface area contributed by atoms with Crippen LogP contribution in [-0.2, 0) is 4.52 Å². The molecular formula is C7H11OP. The lowest BCUT2D eigenvalue weighted by Gasteiger charge is -2.07. The summed E-state index contributed by atoms with van der Waals surface area (Å²) in [6.07, 6.45) is 8.47. The lowest BCUT2D eigenvalue weighted by molar-refractivity contribution is 0.458. The molecule has 1 aliphatic rings. The van der Waals surface area contributed by atoms with Crippen LogP contribution in [0.4, 0.5) is 0 Å². The van der Waals surface area contributed by atoms with Crippen molar-refractivity contribution in [1.82, 2.24) is 0 Å². The third kappa shape index (κ3) is 2.19. The van der Waals surface area contributed by atoms with Crippen molar-refractivity contribution >= 4 is 8.81 Å². The fraction of sp³-hybridized carbons (Fsp3) is 0.429. The highest BCUT2D eigenvalue weighted by molar-refractivity contribution is 7.31. The Kier molecular flexibility index (Phi) is 2.79. The molecule has 0 aromatic heterocycles. The molecule has 50 valence electrons. The second kappa shape index (κ2) is 3.68. The first-order chi connectivity index (χ1) is 4.43. The number of rotatable bonds is 2. The Bertz CT molecular complexity index is 138. The molecule has 0 spiro atoms. The Labute approximate surface area is 57.7 Å². The van der Waals surface area contributed by atoms with Gasteiger partial charge in [-0.15, -0.1) is 0 Å². The zero-order valence-electron chi connectivity index (χ0n) is 5.55. The maximum Gasteiger partial charge on any atom is 0.0998 e. The largest absolute Gasteiger partial charge is 0.482 e. The molecule has 0 amide bonds. The van der Waals surface area contributed by atoms with Gasteiger partial charge in [0, 0.05) is 6.42 Å². The van der Waals surface area contributed by atoms with Gasteiger partial charge in [-0.25, -0.2) is 0 Å². The minimum Gasteiger partial charge on any atom is -0.482 e. The molecule has 1 aliphatic carbocycles. The molecule has 0 heterocycles. The second-order valence-corrected chi connectivity index (χ2v) is 2.52. The van der Waals surface area contributed by atoms with Crippen LogP contribution >= 0.6 is 8.81 Å². The Morgan fingerprint density at radius 3 is 3.11 bits per heavy atom. The predicted octanol–water partition coefficient (Wildman–Crippen LogP) is 2.46. The summed E-state index contributed by atoms with van der Waals surface area (Å²) in [6, 6.07) is 0. The van der Waals surface area contributed by atoms with Crippen molar-refractivity contribution in [2.45, 2.75) is 12.8 Å². The van der Waals surface area contributed by atoms with E-state index in [0.29, 0.717) is 8.81 Å². The Morgan fingerprint density at radius 1 is 1.67 bits per heavy atom. The molecule has 0 aliphatic heterocycles. The standard InChI is InChI=1S/C7H11OP/c1-9-8-7-5-3-2-4-6-7/h2-3,5,9H,4,6H2,1H3. The maximum absolute atomic E-state index is 5.32.